The Morgan fingerprint density at radius 3 is 2.64 bits per heavy atom. The molecule has 1 heterocycles. The minimum absolute atomic E-state index is 0.0829. The quantitative estimate of drug-likeness (QED) is 0.503. The summed E-state index contributed by atoms with van der Waals surface area (Å²) in [6.07, 6.45) is 0. The monoisotopic (exact) mass is 216 g/mol. The van der Waals surface area contributed by atoms with Gasteiger partial charge in [-0.25, -0.2) is 4.98 Å². The summed E-state index contributed by atoms with van der Waals surface area (Å²) < 4.78 is 0.705. The zero-order chi connectivity index (χ0) is 10.9. The first-order valence-corrected chi connectivity index (χ1v) is 4.47. The molecule has 0 aliphatic carbocycles. The second-order valence-corrected chi connectivity index (χ2v) is 4.28. The number of hydrogen-bond donors (Lipinski definition) is 2. The maximum Gasteiger partial charge on any atom is 0.237 e. The average Bonchev–Trinajstić information content (AvgIpc) is 1.96. The third-order valence-electron chi connectivity index (χ3n) is 1.35. The van der Waals surface area contributed by atoms with Crippen molar-refractivity contribution in [2.75, 3.05) is 5.73 Å². The Hall–Kier alpha value is -1.23. The van der Waals surface area contributed by atoms with Gasteiger partial charge in [0.15, 0.2) is 5.49 Å². The lowest BCUT2D eigenvalue weighted by Crippen LogP contribution is -2.27. The van der Waals surface area contributed by atoms with Crippen LogP contribution in [0.25, 0.3) is 0 Å². The summed E-state index contributed by atoms with van der Waals surface area (Å²) >= 11 is 5.68. The van der Waals surface area contributed by atoms with Gasteiger partial charge in [-0.05, 0) is 20.8 Å². The highest BCUT2D eigenvalue weighted by Gasteiger charge is 2.08. The predicted octanol–water partition coefficient (Wildman–Crippen LogP) is 1.06. The number of nitrogen functional groups attached to an aromatic ring is 1. The van der Waals surface area contributed by atoms with Crippen molar-refractivity contribution >= 4 is 17.5 Å². The first kappa shape index (κ1) is 10.8. The number of aromatic nitrogens is 2. The van der Waals surface area contributed by atoms with Crippen LogP contribution in [0.4, 0.5) is 5.95 Å². The third kappa shape index (κ3) is 2.63. The molecule has 0 unspecified atom stereocenters. The molecule has 0 saturated carbocycles. The summed E-state index contributed by atoms with van der Waals surface area (Å²) in [5.74, 6) is -0.0829. The fourth-order valence-corrected chi connectivity index (χ4v) is 1.08. The summed E-state index contributed by atoms with van der Waals surface area (Å²) in [6.45, 7) is 5.70. The molecule has 0 saturated heterocycles. The fraction of sp³-hybridized carbons (Fsp3) is 0.500. The van der Waals surface area contributed by atoms with Crippen LogP contribution in [-0.4, -0.2) is 20.5 Å². The van der Waals surface area contributed by atoms with Crippen LogP contribution in [-0.2, 0) is 0 Å². The van der Waals surface area contributed by atoms with Gasteiger partial charge in [0.25, 0.3) is 0 Å². The molecule has 0 spiro atoms. The molecular formula is C8H13ClN4O. The highest BCUT2D eigenvalue weighted by atomic mass is 35.5. The maximum absolute atomic E-state index is 9.46. The molecule has 78 valence electrons. The average molecular weight is 217 g/mol. The van der Waals surface area contributed by atoms with Crippen molar-refractivity contribution in [2.24, 2.45) is 4.99 Å². The molecule has 0 aliphatic heterocycles. The number of nitrogens with zero attached hydrogens (tertiary/aromatic N) is 3. The van der Waals surface area contributed by atoms with E-state index in [4.69, 9.17) is 17.3 Å². The van der Waals surface area contributed by atoms with Crippen LogP contribution < -0.4 is 11.2 Å². The van der Waals surface area contributed by atoms with E-state index in [0.717, 1.165) is 0 Å². The van der Waals surface area contributed by atoms with E-state index >= 15 is 0 Å². The Kier molecular flexibility index (Phi) is 2.71. The van der Waals surface area contributed by atoms with Crippen molar-refractivity contribution in [2.45, 2.75) is 26.3 Å². The van der Waals surface area contributed by atoms with Crippen LogP contribution in [0.2, 0.25) is 5.15 Å². The third-order valence-corrected chi connectivity index (χ3v) is 1.55. The zero-order valence-corrected chi connectivity index (χ0v) is 9.08. The minimum Gasteiger partial charge on any atom is -0.423 e. The van der Waals surface area contributed by atoms with Gasteiger partial charge in [0.1, 0.15) is 5.15 Å². The minimum atomic E-state index is -0.318. The van der Waals surface area contributed by atoms with Crippen molar-refractivity contribution in [3.05, 3.63) is 16.7 Å². The molecule has 0 amide bonds. The normalized spacial score (nSPS) is 13.3. The number of halogens is 1. The Labute approximate surface area is 86.8 Å². The van der Waals surface area contributed by atoms with Gasteiger partial charge in [-0.2, -0.15) is 0 Å². The number of rotatable bonds is 0. The first-order chi connectivity index (χ1) is 6.29. The molecule has 3 N–H and O–H groups in total. The second kappa shape index (κ2) is 3.49. The van der Waals surface area contributed by atoms with Gasteiger partial charge >= 0.3 is 0 Å². The van der Waals surface area contributed by atoms with Gasteiger partial charge in [0.05, 0.1) is 5.54 Å². The summed E-state index contributed by atoms with van der Waals surface area (Å²) in [5, 5.41) is 9.67. The molecular weight excluding hydrogens is 204 g/mol. The molecule has 6 heteroatoms. The lowest BCUT2D eigenvalue weighted by molar-refractivity contribution is 0.173. The van der Waals surface area contributed by atoms with E-state index in [-0.39, 0.29) is 22.1 Å². The van der Waals surface area contributed by atoms with E-state index in [0.29, 0.717) is 4.73 Å². The van der Waals surface area contributed by atoms with Gasteiger partial charge in [-0.15, -0.1) is 4.73 Å². The van der Waals surface area contributed by atoms with E-state index in [1.807, 2.05) is 20.8 Å². The lowest BCUT2D eigenvalue weighted by atomic mass is 10.1. The Bertz CT molecular complexity index is 405. The van der Waals surface area contributed by atoms with Crippen LogP contribution in [0, 0.1) is 0 Å². The van der Waals surface area contributed by atoms with Crippen LogP contribution in [0.15, 0.2) is 11.1 Å². The van der Waals surface area contributed by atoms with E-state index in [1.54, 1.807) is 0 Å². The van der Waals surface area contributed by atoms with Crippen molar-refractivity contribution in [3.8, 4) is 0 Å². The number of hydrogen-bond acceptors (Lipinski definition) is 4. The predicted molar refractivity (Wildman–Crippen MR) is 54.1 cm³/mol. The SMILES string of the molecule is CC(C)(C)N=c1cc(Cl)nc(N)n1O. The Balaban J connectivity index is 3.42. The van der Waals surface area contributed by atoms with Gasteiger partial charge in [0, 0.05) is 6.07 Å². The van der Waals surface area contributed by atoms with Crippen molar-refractivity contribution in [1.82, 2.24) is 9.71 Å². The zero-order valence-electron chi connectivity index (χ0n) is 8.32. The Morgan fingerprint density at radius 2 is 2.14 bits per heavy atom. The molecule has 5 nitrogen and oxygen atoms in total. The van der Waals surface area contributed by atoms with E-state index in [1.165, 1.54) is 6.07 Å². The topological polar surface area (TPSA) is 76.4 Å². The highest BCUT2D eigenvalue weighted by Crippen LogP contribution is 2.06. The summed E-state index contributed by atoms with van der Waals surface area (Å²) in [5.41, 5.74) is 5.37. The van der Waals surface area contributed by atoms with Gasteiger partial charge in [-0.3, -0.25) is 4.99 Å². The molecule has 1 rings (SSSR count). The Morgan fingerprint density at radius 1 is 1.57 bits per heavy atom. The van der Waals surface area contributed by atoms with E-state index in [2.05, 4.69) is 9.98 Å². The molecule has 1 aromatic rings. The number of anilines is 1. The molecule has 0 atom stereocenters. The lowest BCUT2D eigenvalue weighted by Gasteiger charge is -2.12. The van der Waals surface area contributed by atoms with Crippen molar-refractivity contribution in [1.29, 1.82) is 0 Å². The first-order valence-electron chi connectivity index (χ1n) is 4.10. The second-order valence-electron chi connectivity index (χ2n) is 3.89. The van der Waals surface area contributed by atoms with Crippen molar-refractivity contribution < 1.29 is 5.21 Å². The molecule has 0 bridgehead atoms. The van der Waals surface area contributed by atoms with Crippen molar-refractivity contribution in [3.63, 3.8) is 0 Å². The maximum atomic E-state index is 9.46. The van der Waals surface area contributed by atoms with Gasteiger partial charge in [0.2, 0.25) is 5.95 Å². The smallest absolute Gasteiger partial charge is 0.237 e. The van der Waals surface area contributed by atoms with Gasteiger partial charge in [-0.1, -0.05) is 11.6 Å². The molecule has 0 aromatic carbocycles. The molecule has 0 radical (unpaired) electrons. The summed E-state index contributed by atoms with van der Waals surface area (Å²) in [6, 6.07) is 1.45. The molecule has 0 fully saturated rings. The summed E-state index contributed by atoms with van der Waals surface area (Å²) in [4.78, 5) is 7.88. The van der Waals surface area contributed by atoms with Crippen LogP contribution in [0.1, 0.15) is 20.8 Å². The molecule has 14 heavy (non-hydrogen) atoms. The van der Waals surface area contributed by atoms with Gasteiger partial charge < -0.3 is 10.9 Å². The number of nitrogens with two attached hydrogens (primary N) is 1. The summed E-state index contributed by atoms with van der Waals surface area (Å²) in [7, 11) is 0. The fourth-order valence-electron chi connectivity index (χ4n) is 0.897. The van der Waals surface area contributed by atoms with Crippen LogP contribution in [0.5, 0.6) is 0 Å². The van der Waals surface area contributed by atoms with Crippen LogP contribution >= 0.6 is 11.6 Å². The largest absolute Gasteiger partial charge is 0.423 e. The molecule has 0 aliphatic rings. The standard InChI is InChI=1S/C8H13ClN4O/c1-8(2,3)12-6-4-5(9)11-7(10)13(6)14/h4,14H,1-3H3,(H2,10,11). The van der Waals surface area contributed by atoms with Crippen LogP contribution in [0.3, 0.4) is 0 Å². The van der Waals surface area contributed by atoms with E-state index < -0.39 is 0 Å². The highest BCUT2D eigenvalue weighted by molar-refractivity contribution is 6.29. The van der Waals surface area contributed by atoms with E-state index in [9.17, 15) is 5.21 Å². The molecule has 1 aromatic heterocycles.